The van der Waals surface area contributed by atoms with Gasteiger partial charge in [-0.15, -0.1) is 0 Å². The molecular formula is C12H17NO3. The van der Waals surface area contributed by atoms with Crippen LogP contribution in [-0.2, 0) is 0 Å². The van der Waals surface area contributed by atoms with E-state index < -0.39 is 0 Å². The van der Waals surface area contributed by atoms with Crippen molar-refractivity contribution in [3.05, 3.63) is 28.8 Å². The molecular weight excluding hydrogens is 206 g/mol. The maximum atomic E-state index is 11.7. The average molecular weight is 223 g/mol. The van der Waals surface area contributed by atoms with Crippen LogP contribution >= 0.6 is 0 Å². The van der Waals surface area contributed by atoms with E-state index in [1.54, 1.807) is 19.2 Å². The molecule has 0 unspecified atom stereocenters. The molecule has 2 N–H and O–H groups in total. The molecule has 0 aliphatic carbocycles. The van der Waals surface area contributed by atoms with Crippen LogP contribution in [0.15, 0.2) is 12.1 Å². The molecule has 0 fully saturated rings. The van der Waals surface area contributed by atoms with Crippen molar-refractivity contribution in [1.29, 1.82) is 0 Å². The first-order valence-electron chi connectivity index (χ1n) is 5.15. The minimum absolute atomic E-state index is 0.0556. The number of amides is 1. The number of aliphatic hydroxyl groups is 1. The summed E-state index contributed by atoms with van der Waals surface area (Å²) in [4.78, 5) is 11.7. The molecule has 4 heteroatoms. The van der Waals surface area contributed by atoms with Gasteiger partial charge in [0.25, 0.3) is 5.91 Å². The Balaban J connectivity index is 2.98. The highest BCUT2D eigenvalue weighted by Crippen LogP contribution is 2.23. The molecule has 0 aliphatic heterocycles. The first kappa shape index (κ1) is 12.5. The van der Waals surface area contributed by atoms with E-state index in [4.69, 9.17) is 9.84 Å². The molecule has 1 amide bonds. The summed E-state index contributed by atoms with van der Waals surface area (Å²) < 4.78 is 5.17. The fraction of sp³-hybridized carbons (Fsp3) is 0.417. The Hall–Kier alpha value is -1.55. The van der Waals surface area contributed by atoms with Crippen molar-refractivity contribution in [1.82, 2.24) is 5.32 Å². The molecule has 1 aromatic carbocycles. The Morgan fingerprint density at radius 1 is 1.38 bits per heavy atom. The molecule has 16 heavy (non-hydrogen) atoms. The summed E-state index contributed by atoms with van der Waals surface area (Å²) in [6.07, 6.45) is 0. The summed E-state index contributed by atoms with van der Waals surface area (Å²) in [6.45, 7) is 4.01. The van der Waals surface area contributed by atoms with Gasteiger partial charge in [-0.05, 0) is 37.1 Å². The molecule has 1 rings (SSSR count). The van der Waals surface area contributed by atoms with E-state index >= 15 is 0 Å². The lowest BCUT2D eigenvalue weighted by Gasteiger charge is -2.12. The van der Waals surface area contributed by atoms with Crippen LogP contribution < -0.4 is 10.1 Å². The van der Waals surface area contributed by atoms with Crippen LogP contribution in [0.2, 0.25) is 0 Å². The number of ether oxygens (including phenoxy) is 1. The van der Waals surface area contributed by atoms with Gasteiger partial charge in [-0.3, -0.25) is 4.79 Å². The fourth-order valence-electron chi connectivity index (χ4n) is 1.53. The Bertz CT molecular complexity index is 388. The summed E-state index contributed by atoms with van der Waals surface area (Å²) in [5, 5.41) is 11.3. The molecule has 0 saturated carbocycles. The summed E-state index contributed by atoms with van der Waals surface area (Å²) in [7, 11) is 1.60. The predicted octanol–water partition coefficient (Wildman–Crippen LogP) is 1.03. The second-order valence-corrected chi connectivity index (χ2v) is 3.54. The Morgan fingerprint density at radius 3 is 2.62 bits per heavy atom. The van der Waals surface area contributed by atoms with Crippen LogP contribution in [0, 0.1) is 13.8 Å². The highest BCUT2D eigenvalue weighted by Gasteiger charge is 2.12. The van der Waals surface area contributed by atoms with Crippen molar-refractivity contribution in [2.75, 3.05) is 20.3 Å². The van der Waals surface area contributed by atoms with Gasteiger partial charge in [0, 0.05) is 12.1 Å². The van der Waals surface area contributed by atoms with E-state index in [-0.39, 0.29) is 19.1 Å². The van der Waals surface area contributed by atoms with E-state index in [0.29, 0.717) is 5.56 Å². The van der Waals surface area contributed by atoms with Gasteiger partial charge < -0.3 is 15.2 Å². The highest BCUT2D eigenvalue weighted by molar-refractivity contribution is 5.96. The molecule has 88 valence electrons. The van der Waals surface area contributed by atoms with Gasteiger partial charge in [0.15, 0.2) is 0 Å². The number of hydrogen-bond acceptors (Lipinski definition) is 3. The zero-order chi connectivity index (χ0) is 12.1. The number of carbonyl (C=O) groups is 1. The number of nitrogens with one attached hydrogen (secondary N) is 1. The van der Waals surface area contributed by atoms with Crippen molar-refractivity contribution in [2.24, 2.45) is 0 Å². The first-order chi connectivity index (χ1) is 7.61. The zero-order valence-electron chi connectivity index (χ0n) is 9.83. The van der Waals surface area contributed by atoms with Crippen LogP contribution in [0.4, 0.5) is 0 Å². The summed E-state index contributed by atoms with van der Waals surface area (Å²) in [5.41, 5.74) is 2.47. The molecule has 0 radical (unpaired) electrons. The van der Waals surface area contributed by atoms with Crippen molar-refractivity contribution in [3.63, 3.8) is 0 Å². The maximum absolute atomic E-state index is 11.7. The topological polar surface area (TPSA) is 58.6 Å². The van der Waals surface area contributed by atoms with Gasteiger partial charge in [-0.2, -0.15) is 0 Å². The number of aliphatic hydroxyl groups excluding tert-OH is 1. The third kappa shape index (κ3) is 2.52. The van der Waals surface area contributed by atoms with Crippen LogP contribution in [0.5, 0.6) is 5.75 Å². The number of methoxy groups -OCH3 is 1. The van der Waals surface area contributed by atoms with E-state index in [1.807, 2.05) is 13.8 Å². The van der Waals surface area contributed by atoms with E-state index in [1.165, 1.54) is 0 Å². The van der Waals surface area contributed by atoms with Crippen molar-refractivity contribution in [2.45, 2.75) is 13.8 Å². The summed E-state index contributed by atoms with van der Waals surface area (Å²) in [5.74, 6) is 0.605. The lowest BCUT2D eigenvalue weighted by Crippen LogP contribution is -2.27. The molecule has 0 saturated heterocycles. The Kier molecular flexibility index (Phi) is 4.31. The third-order valence-electron chi connectivity index (χ3n) is 2.60. The number of rotatable bonds is 4. The molecule has 0 atom stereocenters. The summed E-state index contributed by atoms with van der Waals surface area (Å²) >= 11 is 0. The van der Waals surface area contributed by atoms with Gasteiger partial charge in [-0.1, -0.05) is 0 Å². The van der Waals surface area contributed by atoms with E-state index in [0.717, 1.165) is 16.9 Å². The largest absolute Gasteiger partial charge is 0.496 e. The minimum Gasteiger partial charge on any atom is -0.496 e. The van der Waals surface area contributed by atoms with Crippen LogP contribution in [0.25, 0.3) is 0 Å². The third-order valence-corrected chi connectivity index (χ3v) is 2.60. The quantitative estimate of drug-likeness (QED) is 0.801. The van der Waals surface area contributed by atoms with Gasteiger partial charge in [0.05, 0.1) is 13.7 Å². The van der Waals surface area contributed by atoms with Gasteiger partial charge in [-0.25, -0.2) is 0 Å². The second kappa shape index (κ2) is 5.51. The van der Waals surface area contributed by atoms with E-state index in [9.17, 15) is 4.79 Å². The molecule has 0 heterocycles. The number of hydrogen-bond donors (Lipinski definition) is 2. The zero-order valence-corrected chi connectivity index (χ0v) is 9.83. The lowest BCUT2D eigenvalue weighted by molar-refractivity contribution is 0.0944. The molecule has 0 aliphatic rings. The number of carbonyl (C=O) groups excluding carboxylic acids is 1. The number of benzene rings is 1. The molecule has 1 aromatic rings. The van der Waals surface area contributed by atoms with Crippen LogP contribution in [0.3, 0.4) is 0 Å². The minimum atomic E-state index is -0.169. The SMILES string of the molecule is COc1ccc(C(=O)NCCO)c(C)c1C. The normalized spacial score (nSPS) is 10.0. The van der Waals surface area contributed by atoms with Gasteiger partial charge in [0.2, 0.25) is 0 Å². The van der Waals surface area contributed by atoms with Gasteiger partial charge in [0.1, 0.15) is 5.75 Å². The smallest absolute Gasteiger partial charge is 0.251 e. The molecule has 0 aromatic heterocycles. The molecule has 0 bridgehead atoms. The van der Waals surface area contributed by atoms with Crippen molar-refractivity contribution in [3.8, 4) is 5.75 Å². The maximum Gasteiger partial charge on any atom is 0.251 e. The Labute approximate surface area is 95.2 Å². The second-order valence-electron chi connectivity index (χ2n) is 3.54. The van der Waals surface area contributed by atoms with Crippen LogP contribution in [-0.4, -0.2) is 31.3 Å². The molecule has 0 spiro atoms. The standard InChI is InChI=1S/C12H17NO3/c1-8-9(2)11(16-3)5-4-10(8)12(15)13-6-7-14/h4-5,14H,6-7H2,1-3H3,(H,13,15). The van der Waals surface area contributed by atoms with E-state index in [2.05, 4.69) is 5.32 Å². The molecule has 4 nitrogen and oxygen atoms in total. The monoisotopic (exact) mass is 223 g/mol. The predicted molar refractivity (Wildman–Crippen MR) is 61.9 cm³/mol. The van der Waals surface area contributed by atoms with Crippen molar-refractivity contribution < 1.29 is 14.6 Å². The Morgan fingerprint density at radius 2 is 2.06 bits per heavy atom. The highest BCUT2D eigenvalue weighted by atomic mass is 16.5. The van der Waals surface area contributed by atoms with Crippen molar-refractivity contribution >= 4 is 5.91 Å². The summed E-state index contributed by atoms with van der Waals surface area (Å²) in [6, 6.07) is 3.50. The first-order valence-corrected chi connectivity index (χ1v) is 5.15. The fourth-order valence-corrected chi connectivity index (χ4v) is 1.53. The van der Waals surface area contributed by atoms with Gasteiger partial charge >= 0.3 is 0 Å². The van der Waals surface area contributed by atoms with Crippen LogP contribution in [0.1, 0.15) is 21.5 Å². The lowest BCUT2D eigenvalue weighted by atomic mass is 10.0. The average Bonchev–Trinajstić information content (AvgIpc) is 2.29.